The van der Waals surface area contributed by atoms with Crippen molar-refractivity contribution in [3.05, 3.63) is 42.1 Å². The Morgan fingerprint density at radius 3 is 3.00 bits per heavy atom. The standard InChI is InChI=1S/C14H17N3/c15-12-6-8-17(10-12)9-11-5-7-16-14-4-2-1-3-13(11)14/h1-5,7,12H,6,8-10,15H2/t12-/m0/s1. The van der Waals surface area contributed by atoms with Crippen LogP contribution in [0.1, 0.15) is 12.0 Å². The molecule has 0 amide bonds. The van der Waals surface area contributed by atoms with E-state index < -0.39 is 0 Å². The Morgan fingerprint density at radius 2 is 2.18 bits per heavy atom. The number of rotatable bonds is 2. The first-order valence-electron chi connectivity index (χ1n) is 6.13. The molecule has 1 fully saturated rings. The molecule has 0 saturated carbocycles. The second kappa shape index (κ2) is 4.43. The van der Waals surface area contributed by atoms with Gasteiger partial charge in [-0.15, -0.1) is 0 Å². The highest BCUT2D eigenvalue weighted by Crippen LogP contribution is 2.19. The molecule has 1 atom stereocenters. The summed E-state index contributed by atoms with van der Waals surface area (Å²) >= 11 is 0. The maximum atomic E-state index is 5.94. The molecule has 1 aromatic heterocycles. The zero-order valence-electron chi connectivity index (χ0n) is 9.84. The molecule has 3 nitrogen and oxygen atoms in total. The van der Waals surface area contributed by atoms with Crippen LogP contribution in [0.4, 0.5) is 0 Å². The number of likely N-dealkylation sites (tertiary alicyclic amines) is 1. The first kappa shape index (κ1) is 10.7. The third-order valence-corrected chi connectivity index (χ3v) is 3.44. The molecule has 1 aromatic carbocycles. The van der Waals surface area contributed by atoms with Crippen molar-refractivity contribution in [3.63, 3.8) is 0 Å². The molecule has 2 aromatic rings. The zero-order valence-corrected chi connectivity index (χ0v) is 9.84. The van der Waals surface area contributed by atoms with Gasteiger partial charge in [0.1, 0.15) is 0 Å². The Labute approximate surface area is 101 Å². The van der Waals surface area contributed by atoms with Gasteiger partial charge in [0, 0.05) is 37.3 Å². The van der Waals surface area contributed by atoms with Gasteiger partial charge in [0.05, 0.1) is 5.52 Å². The number of hydrogen-bond donors (Lipinski definition) is 1. The van der Waals surface area contributed by atoms with E-state index in [1.54, 1.807) is 0 Å². The Bertz CT molecular complexity index is 518. The lowest BCUT2D eigenvalue weighted by Gasteiger charge is -2.16. The normalized spacial score (nSPS) is 21.1. The van der Waals surface area contributed by atoms with Crippen LogP contribution in [0.5, 0.6) is 0 Å². The van der Waals surface area contributed by atoms with Gasteiger partial charge in [-0.2, -0.15) is 0 Å². The van der Waals surface area contributed by atoms with Crippen molar-refractivity contribution in [2.75, 3.05) is 13.1 Å². The summed E-state index contributed by atoms with van der Waals surface area (Å²) in [6.07, 6.45) is 3.01. The fourth-order valence-electron chi connectivity index (χ4n) is 2.54. The summed E-state index contributed by atoms with van der Waals surface area (Å²) in [6.45, 7) is 3.10. The van der Waals surface area contributed by atoms with Crippen LogP contribution in [0.25, 0.3) is 10.9 Å². The van der Waals surface area contributed by atoms with Gasteiger partial charge in [-0.25, -0.2) is 0 Å². The largest absolute Gasteiger partial charge is 0.326 e. The predicted octanol–water partition coefficient (Wildman–Crippen LogP) is 1.77. The van der Waals surface area contributed by atoms with Crippen LogP contribution in [0, 0.1) is 0 Å². The fourth-order valence-corrected chi connectivity index (χ4v) is 2.54. The number of hydrogen-bond acceptors (Lipinski definition) is 3. The van der Waals surface area contributed by atoms with Crippen molar-refractivity contribution in [3.8, 4) is 0 Å². The Morgan fingerprint density at radius 1 is 1.29 bits per heavy atom. The van der Waals surface area contributed by atoms with Crippen molar-refractivity contribution in [1.82, 2.24) is 9.88 Å². The second-order valence-electron chi connectivity index (χ2n) is 4.77. The van der Waals surface area contributed by atoms with Gasteiger partial charge >= 0.3 is 0 Å². The first-order valence-corrected chi connectivity index (χ1v) is 6.13. The van der Waals surface area contributed by atoms with E-state index in [1.165, 1.54) is 10.9 Å². The van der Waals surface area contributed by atoms with Crippen LogP contribution < -0.4 is 5.73 Å². The van der Waals surface area contributed by atoms with Gasteiger partial charge in [-0.05, 0) is 24.1 Å². The Kier molecular flexibility index (Phi) is 2.79. The number of para-hydroxylation sites is 1. The molecule has 1 aliphatic heterocycles. The third-order valence-electron chi connectivity index (χ3n) is 3.44. The van der Waals surface area contributed by atoms with Gasteiger partial charge in [-0.1, -0.05) is 18.2 Å². The molecule has 3 rings (SSSR count). The summed E-state index contributed by atoms with van der Waals surface area (Å²) < 4.78 is 0. The summed E-state index contributed by atoms with van der Waals surface area (Å²) in [5.74, 6) is 0. The highest BCUT2D eigenvalue weighted by Gasteiger charge is 2.19. The summed E-state index contributed by atoms with van der Waals surface area (Å²) in [5.41, 5.74) is 8.37. The minimum absolute atomic E-state index is 0.350. The summed E-state index contributed by atoms with van der Waals surface area (Å²) in [7, 11) is 0. The van der Waals surface area contributed by atoms with Gasteiger partial charge < -0.3 is 5.73 Å². The average molecular weight is 227 g/mol. The Hall–Kier alpha value is -1.45. The highest BCUT2D eigenvalue weighted by atomic mass is 15.2. The molecule has 0 spiro atoms. The van der Waals surface area contributed by atoms with Gasteiger partial charge in [0.25, 0.3) is 0 Å². The van der Waals surface area contributed by atoms with E-state index in [4.69, 9.17) is 5.73 Å². The molecule has 1 aliphatic rings. The van der Waals surface area contributed by atoms with E-state index in [1.807, 2.05) is 12.3 Å². The Balaban J connectivity index is 1.90. The van der Waals surface area contributed by atoms with Crippen LogP contribution in [-0.2, 0) is 6.54 Å². The van der Waals surface area contributed by atoms with Crippen molar-refractivity contribution in [2.45, 2.75) is 19.0 Å². The zero-order chi connectivity index (χ0) is 11.7. The number of nitrogens with two attached hydrogens (primary N) is 1. The smallest absolute Gasteiger partial charge is 0.0705 e. The lowest BCUT2D eigenvalue weighted by molar-refractivity contribution is 0.328. The molecule has 0 radical (unpaired) electrons. The van der Waals surface area contributed by atoms with Crippen molar-refractivity contribution in [1.29, 1.82) is 0 Å². The van der Waals surface area contributed by atoms with Crippen LogP contribution >= 0.6 is 0 Å². The number of benzene rings is 1. The van der Waals surface area contributed by atoms with E-state index in [0.29, 0.717) is 6.04 Å². The van der Waals surface area contributed by atoms with E-state index in [2.05, 4.69) is 34.1 Å². The maximum absolute atomic E-state index is 5.94. The number of nitrogens with zero attached hydrogens (tertiary/aromatic N) is 2. The minimum Gasteiger partial charge on any atom is -0.326 e. The molecule has 88 valence electrons. The molecular formula is C14H17N3. The first-order chi connectivity index (χ1) is 8.33. The fraction of sp³-hybridized carbons (Fsp3) is 0.357. The minimum atomic E-state index is 0.350. The molecular weight excluding hydrogens is 210 g/mol. The molecule has 2 N–H and O–H groups in total. The van der Waals surface area contributed by atoms with Gasteiger partial charge in [-0.3, -0.25) is 9.88 Å². The van der Waals surface area contributed by atoms with Crippen LogP contribution in [0.2, 0.25) is 0 Å². The van der Waals surface area contributed by atoms with E-state index in [0.717, 1.165) is 31.6 Å². The molecule has 0 unspecified atom stereocenters. The monoisotopic (exact) mass is 227 g/mol. The summed E-state index contributed by atoms with van der Waals surface area (Å²) in [5, 5.41) is 1.26. The molecule has 0 aliphatic carbocycles. The number of pyridine rings is 1. The lowest BCUT2D eigenvalue weighted by Crippen LogP contribution is -2.26. The van der Waals surface area contributed by atoms with E-state index in [-0.39, 0.29) is 0 Å². The average Bonchev–Trinajstić information content (AvgIpc) is 2.75. The maximum Gasteiger partial charge on any atom is 0.0705 e. The SMILES string of the molecule is N[C@H]1CCN(Cc2ccnc3ccccc23)C1. The van der Waals surface area contributed by atoms with Crippen molar-refractivity contribution in [2.24, 2.45) is 5.73 Å². The molecule has 2 heterocycles. The molecule has 3 heteroatoms. The molecule has 1 saturated heterocycles. The highest BCUT2D eigenvalue weighted by molar-refractivity contribution is 5.81. The predicted molar refractivity (Wildman–Crippen MR) is 69.6 cm³/mol. The van der Waals surface area contributed by atoms with Crippen LogP contribution in [0.3, 0.4) is 0 Å². The van der Waals surface area contributed by atoms with Crippen LogP contribution in [0.15, 0.2) is 36.5 Å². The summed E-state index contributed by atoms with van der Waals surface area (Å²) in [6, 6.07) is 10.8. The second-order valence-corrected chi connectivity index (χ2v) is 4.77. The molecule has 0 bridgehead atoms. The lowest BCUT2D eigenvalue weighted by atomic mass is 10.1. The third kappa shape index (κ3) is 2.16. The van der Waals surface area contributed by atoms with E-state index in [9.17, 15) is 0 Å². The number of fused-ring (bicyclic) bond motifs is 1. The topological polar surface area (TPSA) is 42.1 Å². The number of aromatic nitrogens is 1. The quantitative estimate of drug-likeness (QED) is 0.850. The van der Waals surface area contributed by atoms with Gasteiger partial charge in [0.15, 0.2) is 0 Å². The van der Waals surface area contributed by atoms with Crippen molar-refractivity contribution >= 4 is 10.9 Å². The summed E-state index contributed by atoms with van der Waals surface area (Å²) in [4.78, 5) is 6.81. The van der Waals surface area contributed by atoms with Crippen molar-refractivity contribution < 1.29 is 0 Å². The van der Waals surface area contributed by atoms with E-state index >= 15 is 0 Å². The van der Waals surface area contributed by atoms with Gasteiger partial charge in [0.2, 0.25) is 0 Å². The molecule has 17 heavy (non-hydrogen) atoms. The van der Waals surface area contributed by atoms with Crippen LogP contribution in [-0.4, -0.2) is 29.0 Å².